The molecule has 0 aliphatic heterocycles. The molecule has 0 saturated heterocycles. The fourth-order valence-corrected chi connectivity index (χ4v) is 1.89. The lowest BCUT2D eigenvalue weighted by Gasteiger charge is -2.22. The van der Waals surface area contributed by atoms with Crippen LogP contribution in [0.4, 0.5) is 13.2 Å². The average molecular weight is 332 g/mol. The van der Waals surface area contributed by atoms with Gasteiger partial charge in [0.15, 0.2) is 0 Å². The second-order valence-electron chi connectivity index (χ2n) is 5.66. The number of ether oxygens (including phenoxy) is 1. The molecule has 0 bridgehead atoms. The molecule has 0 fully saturated rings. The first-order valence-electron chi connectivity index (χ1n) is 7.53. The van der Waals surface area contributed by atoms with Gasteiger partial charge < -0.3 is 15.8 Å². The van der Waals surface area contributed by atoms with Crippen molar-refractivity contribution in [3.05, 3.63) is 29.8 Å². The minimum absolute atomic E-state index is 0.0260. The van der Waals surface area contributed by atoms with E-state index in [4.69, 9.17) is 10.5 Å². The van der Waals surface area contributed by atoms with Gasteiger partial charge in [-0.2, -0.15) is 13.2 Å². The van der Waals surface area contributed by atoms with E-state index in [9.17, 15) is 18.0 Å². The molecule has 2 atom stereocenters. The molecule has 23 heavy (non-hydrogen) atoms. The molecule has 0 spiro atoms. The number of halogens is 3. The van der Waals surface area contributed by atoms with Gasteiger partial charge >= 0.3 is 6.18 Å². The fraction of sp³-hybridized carbons (Fsp3) is 0.562. The van der Waals surface area contributed by atoms with Crippen molar-refractivity contribution in [3.8, 4) is 5.75 Å². The van der Waals surface area contributed by atoms with Crippen LogP contribution >= 0.6 is 0 Å². The van der Waals surface area contributed by atoms with Crippen LogP contribution in [0.2, 0.25) is 0 Å². The van der Waals surface area contributed by atoms with Crippen molar-refractivity contribution >= 4 is 5.91 Å². The number of benzene rings is 1. The lowest BCUT2D eigenvalue weighted by Crippen LogP contribution is -2.46. The van der Waals surface area contributed by atoms with Crippen LogP contribution in [-0.4, -0.2) is 24.6 Å². The van der Waals surface area contributed by atoms with E-state index in [2.05, 4.69) is 5.32 Å². The number of amides is 1. The van der Waals surface area contributed by atoms with E-state index in [1.54, 1.807) is 6.92 Å². The molecule has 130 valence electrons. The van der Waals surface area contributed by atoms with Gasteiger partial charge in [0.05, 0.1) is 18.2 Å². The topological polar surface area (TPSA) is 64.4 Å². The van der Waals surface area contributed by atoms with Crippen LogP contribution in [0.1, 0.15) is 32.8 Å². The Balaban J connectivity index is 2.73. The molecule has 1 unspecified atom stereocenters. The highest BCUT2D eigenvalue weighted by molar-refractivity contribution is 5.81. The first kappa shape index (κ1) is 19.3. The Morgan fingerprint density at radius 1 is 1.30 bits per heavy atom. The molecule has 0 saturated carbocycles. The molecule has 3 N–H and O–H groups in total. The third-order valence-electron chi connectivity index (χ3n) is 3.47. The van der Waals surface area contributed by atoms with Crippen molar-refractivity contribution in [3.63, 3.8) is 0 Å². The van der Waals surface area contributed by atoms with Gasteiger partial charge in [-0.25, -0.2) is 0 Å². The SMILES string of the molecule is CCC(CNC(=O)[C@@H](N)C(C)C)Oc1ccccc1C(F)(F)F. The third-order valence-corrected chi connectivity index (χ3v) is 3.47. The average Bonchev–Trinajstić information content (AvgIpc) is 2.49. The zero-order chi connectivity index (χ0) is 17.6. The molecular weight excluding hydrogens is 309 g/mol. The normalized spacial score (nSPS) is 14.4. The van der Waals surface area contributed by atoms with Crippen LogP contribution in [0.25, 0.3) is 0 Å². The minimum atomic E-state index is -4.49. The quantitative estimate of drug-likeness (QED) is 0.807. The molecule has 1 amide bonds. The van der Waals surface area contributed by atoms with Crippen LogP contribution in [0.15, 0.2) is 24.3 Å². The zero-order valence-electron chi connectivity index (χ0n) is 13.5. The Hall–Kier alpha value is -1.76. The van der Waals surface area contributed by atoms with Gasteiger partial charge in [0.25, 0.3) is 0 Å². The number of hydrogen-bond donors (Lipinski definition) is 2. The number of carbonyl (C=O) groups excluding carboxylic acids is 1. The van der Waals surface area contributed by atoms with Crippen LogP contribution in [0, 0.1) is 5.92 Å². The van der Waals surface area contributed by atoms with E-state index >= 15 is 0 Å². The van der Waals surface area contributed by atoms with E-state index in [-0.39, 0.29) is 24.1 Å². The predicted octanol–water partition coefficient (Wildman–Crippen LogP) is 2.96. The van der Waals surface area contributed by atoms with E-state index in [0.29, 0.717) is 6.42 Å². The highest BCUT2D eigenvalue weighted by atomic mass is 19.4. The van der Waals surface area contributed by atoms with Crippen LogP contribution in [0.3, 0.4) is 0 Å². The second kappa shape index (κ2) is 8.19. The lowest BCUT2D eigenvalue weighted by atomic mass is 10.0. The highest BCUT2D eigenvalue weighted by Gasteiger charge is 2.34. The molecule has 0 aliphatic rings. The smallest absolute Gasteiger partial charge is 0.419 e. The molecule has 0 heterocycles. The molecule has 1 aromatic rings. The zero-order valence-corrected chi connectivity index (χ0v) is 13.5. The largest absolute Gasteiger partial charge is 0.488 e. The van der Waals surface area contributed by atoms with Crippen molar-refractivity contribution in [1.29, 1.82) is 0 Å². The summed E-state index contributed by atoms with van der Waals surface area (Å²) in [6.07, 6.45) is -4.61. The summed E-state index contributed by atoms with van der Waals surface area (Å²) in [4.78, 5) is 11.8. The van der Waals surface area contributed by atoms with Crippen LogP contribution < -0.4 is 15.8 Å². The molecule has 7 heteroatoms. The summed E-state index contributed by atoms with van der Waals surface area (Å²) in [6.45, 7) is 5.51. The maximum absolute atomic E-state index is 12.9. The van der Waals surface area contributed by atoms with Crippen molar-refractivity contribution in [1.82, 2.24) is 5.32 Å². The van der Waals surface area contributed by atoms with E-state index < -0.39 is 23.9 Å². The summed E-state index contributed by atoms with van der Waals surface area (Å²) in [5.74, 6) is -0.609. The molecule has 1 aromatic carbocycles. The Morgan fingerprint density at radius 2 is 1.91 bits per heavy atom. The van der Waals surface area contributed by atoms with Gasteiger partial charge in [0.1, 0.15) is 11.9 Å². The monoisotopic (exact) mass is 332 g/mol. The predicted molar refractivity (Wildman–Crippen MR) is 82.0 cm³/mol. The first-order valence-corrected chi connectivity index (χ1v) is 7.53. The third kappa shape index (κ3) is 5.74. The van der Waals surface area contributed by atoms with Gasteiger partial charge in [-0.15, -0.1) is 0 Å². The molecule has 4 nitrogen and oxygen atoms in total. The van der Waals surface area contributed by atoms with Gasteiger partial charge in [-0.3, -0.25) is 4.79 Å². The fourth-order valence-electron chi connectivity index (χ4n) is 1.89. The number of alkyl halides is 3. The van der Waals surface area contributed by atoms with Gasteiger partial charge in [0, 0.05) is 0 Å². The Kier molecular flexibility index (Phi) is 6.87. The minimum Gasteiger partial charge on any atom is -0.488 e. The maximum Gasteiger partial charge on any atom is 0.419 e. The number of hydrogen-bond acceptors (Lipinski definition) is 3. The molecular formula is C16H23F3N2O2. The lowest BCUT2D eigenvalue weighted by molar-refractivity contribution is -0.139. The summed E-state index contributed by atoms with van der Waals surface area (Å²) < 4.78 is 44.3. The summed E-state index contributed by atoms with van der Waals surface area (Å²) in [5, 5.41) is 2.62. The van der Waals surface area contributed by atoms with E-state index in [0.717, 1.165) is 6.07 Å². The summed E-state index contributed by atoms with van der Waals surface area (Å²) in [7, 11) is 0. The van der Waals surface area contributed by atoms with E-state index in [1.807, 2.05) is 13.8 Å². The van der Waals surface area contributed by atoms with Gasteiger partial charge in [-0.05, 0) is 24.5 Å². The summed E-state index contributed by atoms with van der Waals surface area (Å²) in [6, 6.07) is 4.36. The molecule has 0 radical (unpaired) electrons. The van der Waals surface area contributed by atoms with Gasteiger partial charge in [-0.1, -0.05) is 32.9 Å². The number of para-hydroxylation sites is 1. The van der Waals surface area contributed by atoms with E-state index in [1.165, 1.54) is 18.2 Å². The standard InChI is InChI=1S/C16H23F3N2O2/c1-4-11(9-21-15(22)14(20)10(2)3)23-13-8-6-5-7-12(13)16(17,18)19/h5-8,10-11,14H,4,9,20H2,1-3H3,(H,21,22)/t11?,14-/m0/s1. The molecule has 0 aliphatic carbocycles. The molecule has 0 aromatic heterocycles. The number of nitrogens with one attached hydrogen (secondary N) is 1. The summed E-state index contributed by atoms with van der Waals surface area (Å²) >= 11 is 0. The Morgan fingerprint density at radius 3 is 2.43 bits per heavy atom. The van der Waals surface area contributed by atoms with Crippen molar-refractivity contribution in [2.24, 2.45) is 11.7 Å². The van der Waals surface area contributed by atoms with Crippen LogP contribution in [0.5, 0.6) is 5.75 Å². The van der Waals surface area contributed by atoms with Crippen molar-refractivity contribution in [2.75, 3.05) is 6.54 Å². The molecule has 1 rings (SSSR count). The summed E-state index contributed by atoms with van der Waals surface area (Å²) in [5.41, 5.74) is 4.89. The second-order valence-corrected chi connectivity index (χ2v) is 5.66. The Bertz CT molecular complexity index is 518. The maximum atomic E-state index is 12.9. The van der Waals surface area contributed by atoms with Crippen molar-refractivity contribution in [2.45, 2.75) is 45.5 Å². The van der Waals surface area contributed by atoms with Crippen molar-refractivity contribution < 1.29 is 22.7 Å². The first-order chi connectivity index (χ1) is 10.7. The number of nitrogens with two attached hydrogens (primary N) is 1. The highest BCUT2D eigenvalue weighted by Crippen LogP contribution is 2.36. The van der Waals surface area contributed by atoms with Crippen LogP contribution in [-0.2, 0) is 11.0 Å². The number of rotatable bonds is 7. The Labute approximate surface area is 134 Å². The van der Waals surface area contributed by atoms with Gasteiger partial charge in [0.2, 0.25) is 5.91 Å². The number of carbonyl (C=O) groups is 1.